The van der Waals surface area contributed by atoms with Crippen LogP contribution >= 0.6 is 0 Å². The largest absolute Gasteiger partial charge is 0.379 e. The van der Waals surface area contributed by atoms with Gasteiger partial charge in [0.25, 0.3) is 0 Å². The molecule has 0 radical (unpaired) electrons. The Morgan fingerprint density at radius 1 is 1.17 bits per heavy atom. The van der Waals surface area contributed by atoms with E-state index in [4.69, 9.17) is 10.00 Å². The minimum Gasteiger partial charge on any atom is -0.379 e. The van der Waals surface area contributed by atoms with Crippen molar-refractivity contribution in [2.75, 3.05) is 52.5 Å². The van der Waals surface area contributed by atoms with Crippen molar-refractivity contribution in [2.24, 2.45) is 0 Å². The Morgan fingerprint density at radius 2 is 1.78 bits per heavy atom. The van der Waals surface area contributed by atoms with Gasteiger partial charge in [0, 0.05) is 51.2 Å². The number of morpholine rings is 1. The maximum absolute atomic E-state index is 12.6. The van der Waals surface area contributed by atoms with Crippen LogP contribution in [0.15, 0.2) is 0 Å². The molecule has 0 atom stereocenters. The third-order valence-corrected chi connectivity index (χ3v) is 4.14. The fourth-order valence-corrected chi connectivity index (χ4v) is 3.03. The third kappa shape index (κ3) is 7.30. The first-order valence-corrected chi connectivity index (χ1v) is 8.66. The second kappa shape index (κ2) is 10.6. The van der Waals surface area contributed by atoms with Gasteiger partial charge in [-0.3, -0.25) is 14.6 Å². The van der Waals surface area contributed by atoms with E-state index in [1.165, 1.54) is 0 Å². The van der Waals surface area contributed by atoms with Gasteiger partial charge < -0.3 is 9.64 Å². The van der Waals surface area contributed by atoms with E-state index in [-0.39, 0.29) is 18.0 Å². The molecular formula is C17H32N4O2. The summed E-state index contributed by atoms with van der Waals surface area (Å²) in [4.78, 5) is 19.0. The van der Waals surface area contributed by atoms with Crippen molar-refractivity contribution in [1.82, 2.24) is 14.7 Å². The van der Waals surface area contributed by atoms with Gasteiger partial charge in [0.1, 0.15) is 0 Å². The van der Waals surface area contributed by atoms with Gasteiger partial charge in [0.2, 0.25) is 5.91 Å². The molecule has 0 N–H and O–H groups in total. The number of rotatable bonds is 9. The second-order valence-corrected chi connectivity index (χ2v) is 6.63. The highest BCUT2D eigenvalue weighted by Crippen LogP contribution is 2.07. The summed E-state index contributed by atoms with van der Waals surface area (Å²) in [6.07, 6.45) is 0.458. The Hall–Kier alpha value is -1.16. The maximum Gasteiger partial charge on any atom is 0.237 e. The highest BCUT2D eigenvalue weighted by Gasteiger charge is 2.22. The average molecular weight is 324 g/mol. The van der Waals surface area contributed by atoms with E-state index in [2.05, 4.69) is 15.9 Å². The fourth-order valence-electron chi connectivity index (χ4n) is 3.03. The van der Waals surface area contributed by atoms with Crippen LogP contribution in [0.3, 0.4) is 0 Å². The normalized spacial score (nSPS) is 16.1. The summed E-state index contributed by atoms with van der Waals surface area (Å²) < 4.78 is 5.36. The lowest BCUT2D eigenvalue weighted by Gasteiger charge is -2.34. The first kappa shape index (κ1) is 19.9. The summed E-state index contributed by atoms with van der Waals surface area (Å²) in [5.74, 6) is 0.148. The van der Waals surface area contributed by atoms with Gasteiger partial charge in [-0.2, -0.15) is 5.26 Å². The Labute approximate surface area is 141 Å². The lowest BCUT2D eigenvalue weighted by molar-refractivity contribution is -0.136. The maximum atomic E-state index is 12.6. The molecule has 0 aromatic rings. The Morgan fingerprint density at radius 3 is 2.30 bits per heavy atom. The number of hydrogen-bond donors (Lipinski definition) is 0. The molecule has 0 bridgehead atoms. The van der Waals surface area contributed by atoms with Gasteiger partial charge in [-0.25, -0.2) is 0 Å². The summed E-state index contributed by atoms with van der Waals surface area (Å²) in [6.45, 7) is 14.4. The van der Waals surface area contributed by atoms with E-state index in [0.717, 1.165) is 39.4 Å². The van der Waals surface area contributed by atoms with Crippen LogP contribution in [0.5, 0.6) is 0 Å². The highest BCUT2D eigenvalue weighted by molar-refractivity contribution is 5.78. The van der Waals surface area contributed by atoms with Gasteiger partial charge in [0.15, 0.2) is 0 Å². The monoisotopic (exact) mass is 324 g/mol. The third-order valence-electron chi connectivity index (χ3n) is 4.14. The molecule has 1 fully saturated rings. The first-order chi connectivity index (χ1) is 11.0. The molecule has 6 nitrogen and oxygen atoms in total. The van der Waals surface area contributed by atoms with Crippen LogP contribution in [0.1, 0.15) is 34.1 Å². The van der Waals surface area contributed by atoms with Crippen LogP contribution in [0.4, 0.5) is 0 Å². The molecule has 1 rings (SSSR count). The van der Waals surface area contributed by atoms with Crippen LogP contribution in [-0.4, -0.2) is 85.2 Å². The van der Waals surface area contributed by atoms with E-state index >= 15 is 0 Å². The molecule has 0 aromatic carbocycles. The zero-order valence-electron chi connectivity index (χ0n) is 15.1. The van der Waals surface area contributed by atoms with E-state index in [0.29, 0.717) is 19.5 Å². The summed E-state index contributed by atoms with van der Waals surface area (Å²) in [6, 6.07) is 2.57. The predicted molar refractivity (Wildman–Crippen MR) is 91.0 cm³/mol. The molecule has 0 saturated carbocycles. The second-order valence-electron chi connectivity index (χ2n) is 6.63. The number of carbonyl (C=O) groups is 1. The van der Waals surface area contributed by atoms with E-state index in [9.17, 15) is 4.79 Å². The van der Waals surface area contributed by atoms with Crippen molar-refractivity contribution < 1.29 is 9.53 Å². The van der Waals surface area contributed by atoms with Crippen molar-refractivity contribution in [1.29, 1.82) is 5.26 Å². The van der Waals surface area contributed by atoms with Crippen LogP contribution in [0, 0.1) is 11.3 Å². The standard InChI is InChI=1S/C17H32N4O2/c1-15(2)21(16(3)4)17(22)14-20(7-5-6-18)9-8-19-10-12-23-13-11-19/h15-16H,5,7-14H2,1-4H3. The predicted octanol–water partition coefficient (Wildman–Crippen LogP) is 1.18. The van der Waals surface area contributed by atoms with Gasteiger partial charge in [0.05, 0.1) is 25.8 Å². The molecule has 1 aliphatic rings. The summed E-state index contributed by atoms with van der Waals surface area (Å²) in [7, 11) is 0. The molecule has 1 saturated heterocycles. The summed E-state index contributed by atoms with van der Waals surface area (Å²) in [5.41, 5.74) is 0. The molecule has 0 spiro atoms. The van der Waals surface area contributed by atoms with Gasteiger partial charge in [-0.1, -0.05) is 0 Å². The minimum absolute atomic E-state index is 0.148. The molecule has 1 heterocycles. The SMILES string of the molecule is CC(C)N(C(=O)CN(CCC#N)CCN1CCOCC1)C(C)C. The van der Waals surface area contributed by atoms with Crippen molar-refractivity contribution >= 4 is 5.91 Å². The molecule has 1 amide bonds. The van der Waals surface area contributed by atoms with Gasteiger partial charge in [-0.05, 0) is 27.7 Å². The van der Waals surface area contributed by atoms with Crippen LogP contribution in [0.25, 0.3) is 0 Å². The van der Waals surface area contributed by atoms with Crippen LogP contribution < -0.4 is 0 Å². The van der Waals surface area contributed by atoms with Crippen molar-refractivity contribution in [3.8, 4) is 6.07 Å². The zero-order chi connectivity index (χ0) is 17.2. The Kier molecular flexibility index (Phi) is 9.15. The smallest absolute Gasteiger partial charge is 0.237 e. The number of nitrogens with zero attached hydrogens (tertiary/aromatic N) is 4. The van der Waals surface area contributed by atoms with E-state index < -0.39 is 0 Å². The molecule has 1 aliphatic heterocycles. The quantitative estimate of drug-likeness (QED) is 0.637. The minimum atomic E-state index is 0.148. The molecule has 23 heavy (non-hydrogen) atoms. The van der Waals surface area contributed by atoms with Crippen molar-refractivity contribution in [3.05, 3.63) is 0 Å². The van der Waals surface area contributed by atoms with Crippen LogP contribution in [-0.2, 0) is 9.53 Å². The van der Waals surface area contributed by atoms with Gasteiger partial charge >= 0.3 is 0 Å². The fraction of sp³-hybridized carbons (Fsp3) is 0.882. The van der Waals surface area contributed by atoms with Crippen molar-refractivity contribution in [3.63, 3.8) is 0 Å². The summed E-state index contributed by atoms with van der Waals surface area (Å²) >= 11 is 0. The molecule has 0 aromatic heterocycles. The molecule has 0 aliphatic carbocycles. The number of hydrogen-bond acceptors (Lipinski definition) is 5. The Balaban J connectivity index is 2.54. The van der Waals surface area contributed by atoms with E-state index in [1.807, 2.05) is 32.6 Å². The first-order valence-electron chi connectivity index (χ1n) is 8.66. The molecule has 6 heteroatoms. The average Bonchev–Trinajstić information content (AvgIpc) is 2.50. The number of amides is 1. The zero-order valence-corrected chi connectivity index (χ0v) is 15.1. The highest BCUT2D eigenvalue weighted by atomic mass is 16.5. The van der Waals surface area contributed by atoms with E-state index in [1.54, 1.807) is 0 Å². The molecular weight excluding hydrogens is 292 g/mol. The molecule has 132 valence electrons. The molecule has 0 unspecified atom stereocenters. The number of carbonyl (C=O) groups excluding carboxylic acids is 1. The lowest BCUT2D eigenvalue weighted by Crippen LogP contribution is -2.49. The topological polar surface area (TPSA) is 59.8 Å². The Bertz CT molecular complexity index is 379. The summed E-state index contributed by atoms with van der Waals surface area (Å²) in [5, 5.41) is 8.85. The van der Waals surface area contributed by atoms with Crippen LogP contribution in [0.2, 0.25) is 0 Å². The number of ether oxygens (including phenoxy) is 1. The van der Waals surface area contributed by atoms with Crippen molar-refractivity contribution in [2.45, 2.75) is 46.2 Å². The lowest BCUT2D eigenvalue weighted by atomic mass is 10.2. The number of nitriles is 1. The van der Waals surface area contributed by atoms with Gasteiger partial charge in [-0.15, -0.1) is 0 Å².